The molecule has 2 aliphatic rings. The summed E-state index contributed by atoms with van der Waals surface area (Å²) in [6.07, 6.45) is 3.21. The normalized spacial score (nSPS) is 21.0. The van der Waals surface area contributed by atoms with E-state index in [1.165, 1.54) is 11.1 Å². The number of hydrogen-bond acceptors (Lipinski definition) is 2. The Labute approximate surface area is 181 Å². The molecule has 30 heavy (non-hydrogen) atoms. The largest absolute Gasteiger partial charge is 0.324 e. The molecule has 1 N–H and O–H groups in total. The van der Waals surface area contributed by atoms with Gasteiger partial charge in [-0.1, -0.05) is 49.4 Å². The molecule has 2 fully saturated rings. The lowest BCUT2D eigenvalue weighted by Crippen LogP contribution is -2.64. The second kappa shape index (κ2) is 8.43. The molecule has 0 aromatic heterocycles. The summed E-state index contributed by atoms with van der Waals surface area (Å²) in [4.78, 5) is 17.5. The Hall–Kier alpha value is -2.33. The van der Waals surface area contributed by atoms with Crippen molar-refractivity contribution in [1.29, 1.82) is 0 Å². The molecule has 4 heteroatoms. The quantitative estimate of drug-likeness (QED) is 0.715. The molecule has 0 bridgehead atoms. The zero-order chi connectivity index (χ0) is 21.3. The standard InChI is InChI=1S/C26H35N3O/c1-5-21-10-12-22(13-11-21)24-26(18-29(24)19(2)3)14-16-28(17-15-26)25(30)27-23-9-7-6-8-20(23)4/h6-13,19,24H,5,14-18H2,1-4H3,(H,27,30). The monoisotopic (exact) mass is 405 g/mol. The maximum atomic E-state index is 12.8. The maximum absolute atomic E-state index is 12.8. The first-order valence-electron chi connectivity index (χ1n) is 11.4. The highest BCUT2D eigenvalue weighted by atomic mass is 16.2. The fourth-order valence-electron chi connectivity index (χ4n) is 5.24. The first kappa shape index (κ1) is 20.9. The summed E-state index contributed by atoms with van der Waals surface area (Å²) in [6.45, 7) is 11.6. The van der Waals surface area contributed by atoms with Crippen LogP contribution in [-0.2, 0) is 6.42 Å². The van der Waals surface area contributed by atoms with E-state index in [1.54, 1.807) is 0 Å². The Morgan fingerprint density at radius 1 is 1.10 bits per heavy atom. The number of nitrogens with one attached hydrogen (secondary N) is 1. The number of amides is 2. The minimum atomic E-state index is 0.0306. The Morgan fingerprint density at radius 2 is 1.77 bits per heavy atom. The van der Waals surface area contributed by atoms with E-state index < -0.39 is 0 Å². The Kier molecular flexibility index (Phi) is 5.88. The number of benzene rings is 2. The van der Waals surface area contributed by atoms with E-state index >= 15 is 0 Å². The van der Waals surface area contributed by atoms with Crippen LogP contribution >= 0.6 is 0 Å². The van der Waals surface area contributed by atoms with E-state index in [0.29, 0.717) is 12.1 Å². The van der Waals surface area contributed by atoms with Gasteiger partial charge < -0.3 is 10.2 Å². The van der Waals surface area contributed by atoms with Crippen LogP contribution in [0.25, 0.3) is 0 Å². The molecule has 2 aliphatic heterocycles. The van der Waals surface area contributed by atoms with Gasteiger partial charge in [0, 0.05) is 42.8 Å². The van der Waals surface area contributed by atoms with Crippen LogP contribution in [0.2, 0.25) is 0 Å². The summed E-state index contributed by atoms with van der Waals surface area (Å²) < 4.78 is 0. The third-order valence-electron chi connectivity index (χ3n) is 7.21. The number of aryl methyl sites for hydroxylation is 2. The molecular weight excluding hydrogens is 370 g/mol. The SMILES string of the molecule is CCc1ccc(C2N(C(C)C)CC23CCN(C(=O)Nc2ccccc2C)CC3)cc1. The number of likely N-dealkylation sites (tertiary alicyclic amines) is 2. The smallest absolute Gasteiger partial charge is 0.321 e. The van der Waals surface area contributed by atoms with Gasteiger partial charge in [-0.15, -0.1) is 0 Å². The van der Waals surface area contributed by atoms with Crippen LogP contribution < -0.4 is 5.32 Å². The molecule has 2 heterocycles. The maximum Gasteiger partial charge on any atom is 0.321 e. The molecule has 2 amide bonds. The van der Waals surface area contributed by atoms with Crippen LogP contribution in [-0.4, -0.2) is 41.5 Å². The number of nitrogens with zero attached hydrogens (tertiary/aromatic N) is 2. The zero-order valence-electron chi connectivity index (χ0n) is 18.8. The number of rotatable bonds is 4. The molecule has 0 aliphatic carbocycles. The van der Waals surface area contributed by atoms with Gasteiger partial charge in [-0.05, 0) is 62.8 Å². The summed E-state index contributed by atoms with van der Waals surface area (Å²) in [6, 6.07) is 18.2. The molecule has 0 radical (unpaired) electrons. The summed E-state index contributed by atoms with van der Waals surface area (Å²) in [5.74, 6) is 0. The molecule has 2 saturated heterocycles. The van der Waals surface area contributed by atoms with Gasteiger partial charge in [0.15, 0.2) is 0 Å². The number of anilines is 1. The predicted octanol–water partition coefficient (Wildman–Crippen LogP) is 5.64. The molecular formula is C26H35N3O. The topological polar surface area (TPSA) is 35.6 Å². The van der Waals surface area contributed by atoms with Gasteiger partial charge in [0.2, 0.25) is 0 Å². The fourth-order valence-corrected chi connectivity index (χ4v) is 5.24. The van der Waals surface area contributed by atoms with Gasteiger partial charge in [-0.3, -0.25) is 4.90 Å². The van der Waals surface area contributed by atoms with Crippen molar-refractivity contribution in [1.82, 2.24) is 9.80 Å². The average Bonchev–Trinajstić information content (AvgIpc) is 2.74. The van der Waals surface area contributed by atoms with Crippen molar-refractivity contribution in [2.75, 3.05) is 25.0 Å². The lowest BCUT2D eigenvalue weighted by atomic mass is 9.62. The van der Waals surface area contributed by atoms with Gasteiger partial charge in [0.05, 0.1) is 0 Å². The number of hydrogen-bond donors (Lipinski definition) is 1. The minimum absolute atomic E-state index is 0.0306. The number of carbonyl (C=O) groups excluding carboxylic acids is 1. The fraction of sp³-hybridized carbons (Fsp3) is 0.500. The van der Waals surface area contributed by atoms with Crippen molar-refractivity contribution < 1.29 is 4.79 Å². The molecule has 1 atom stereocenters. The second-order valence-corrected chi connectivity index (χ2v) is 9.36. The van der Waals surface area contributed by atoms with Crippen LogP contribution in [0.3, 0.4) is 0 Å². The summed E-state index contributed by atoms with van der Waals surface area (Å²) in [5.41, 5.74) is 5.13. The van der Waals surface area contributed by atoms with Gasteiger partial charge in [-0.25, -0.2) is 4.79 Å². The molecule has 0 saturated carbocycles. The summed E-state index contributed by atoms with van der Waals surface area (Å²) >= 11 is 0. The molecule has 1 unspecified atom stereocenters. The lowest BCUT2D eigenvalue weighted by molar-refractivity contribution is -0.123. The highest BCUT2D eigenvalue weighted by Crippen LogP contribution is 2.55. The van der Waals surface area contributed by atoms with E-state index in [2.05, 4.69) is 55.3 Å². The lowest BCUT2D eigenvalue weighted by Gasteiger charge is -2.62. The highest BCUT2D eigenvalue weighted by Gasteiger charge is 2.54. The van der Waals surface area contributed by atoms with Crippen molar-refractivity contribution in [3.05, 3.63) is 65.2 Å². The van der Waals surface area contributed by atoms with Crippen LogP contribution in [0.15, 0.2) is 48.5 Å². The zero-order valence-corrected chi connectivity index (χ0v) is 18.8. The summed E-state index contributed by atoms with van der Waals surface area (Å²) in [5, 5.41) is 3.10. The van der Waals surface area contributed by atoms with Gasteiger partial charge >= 0.3 is 6.03 Å². The van der Waals surface area contributed by atoms with Gasteiger partial charge in [0.25, 0.3) is 0 Å². The number of carbonyl (C=O) groups is 1. The first-order chi connectivity index (χ1) is 14.4. The van der Waals surface area contributed by atoms with E-state index in [1.807, 2.05) is 36.1 Å². The van der Waals surface area contributed by atoms with E-state index in [0.717, 1.165) is 50.1 Å². The van der Waals surface area contributed by atoms with Crippen LogP contribution in [0.4, 0.5) is 10.5 Å². The van der Waals surface area contributed by atoms with E-state index in [9.17, 15) is 4.79 Å². The Morgan fingerprint density at radius 3 is 2.37 bits per heavy atom. The molecule has 1 spiro atoms. The van der Waals surface area contributed by atoms with Gasteiger partial charge in [-0.2, -0.15) is 0 Å². The van der Waals surface area contributed by atoms with Crippen LogP contribution in [0.1, 0.15) is 56.3 Å². The molecule has 160 valence electrons. The van der Waals surface area contributed by atoms with Crippen molar-refractivity contribution in [2.24, 2.45) is 5.41 Å². The van der Waals surface area contributed by atoms with Crippen molar-refractivity contribution in [3.63, 3.8) is 0 Å². The third kappa shape index (κ3) is 3.85. The Balaban J connectivity index is 1.45. The summed E-state index contributed by atoms with van der Waals surface area (Å²) in [7, 11) is 0. The van der Waals surface area contributed by atoms with E-state index in [-0.39, 0.29) is 11.4 Å². The van der Waals surface area contributed by atoms with Crippen molar-refractivity contribution in [2.45, 2.75) is 59.0 Å². The first-order valence-corrected chi connectivity index (χ1v) is 11.4. The average molecular weight is 406 g/mol. The van der Waals surface area contributed by atoms with Crippen molar-refractivity contribution in [3.8, 4) is 0 Å². The Bertz CT molecular complexity index is 881. The molecule has 2 aromatic rings. The third-order valence-corrected chi connectivity index (χ3v) is 7.21. The van der Waals surface area contributed by atoms with Crippen LogP contribution in [0.5, 0.6) is 0 Å². The van der Waals surface area contributed by atoms with Crippen LogP contribution in [0, 0.1) is 12.3 Å². The predicted molar refractivity (Wildman–Crippen MR) is 124 cm³/mol. The molecule has 4 rings (SSSR count). The molecule has 4 nitrogen and oxygen atoms in total. The number of piperidine rings is 1. The number of urea groups is 1. The number of para-hydroxylation sites is 1. The van der Waals surface area contributed by atoms with Gasteiger partial charge in [0.1, 0.15) is 0 Å². The van der Waals surface area contributed by atoms with Crippen molar-refractivity contribution >= 4 is 11.7 Å². The minimum Gasteiger partial charge on any atom is -0.324 e. The molecule has 2 aromatic carbocycles. The van der Waals surface area contributed by atoms with E-state index in [4.69, 9.17) is 0 Å². The highest BCUT2D eigenvalue weighted by molar-refractivity contribution is 5.90. The second-order valence-electron chi connectivity index (χ2n) is 9.36.